The highest BCUT2D eigenvalue weighted by atomic mass is 35.5. The standard InChI is InChI=1S/C22H25ClN6O3S2/c23-15-11-25-19(26-12-15)14-3-8-34(32,9-4-14)29-20-17(10-24)16-2-7-33(31)18(16)21(27-20)28-22(13-30)5-1-6-22/h11-12,14,30H,1-9,13H2,(H,27,28). The molecular formula is C22H25ClN6O3S2. The number of nitrogens with one attached hydrogen (secondary N) is 1. The predicted octanol–water partition coefficient (Wildman–Crippen LogP) is 3.06. The minimum absolute atomic E-state index is 0.0620. The molecule has 2 fully saturated rings. The number of aromatic nitrogens is 3. The number of halogens is 1. The highest BCUT2D eigenvalue weighted by molar-refractivity contribution is 7.93. The Labute approximate surface area is 206 Å². The van der Waals surface area contributed by atoms with E-state index in [4.69, 9.17) is 11.6 Å². The molecule has 0 aromatic carbocycles. The summed E-state index contributed by atoms with van der Waals surface area (Å²) in [6.45, 7) is -0.0620. The number of hydrogen-bond acceptors (Lipinski definition) is 9. The van der Waals surface area contributed by atoms with Crippen LogP contribution in [0.15, 0.2) is 21.7 Å². The molecule has 0 amide bonds. The van der Waals surface area contributed by atoms with Gasteiger partial charge in [0.2, 0.25) is 0 Å². The van der Waals surface area contributed by atoms with E-state index in [0.29, 0.717) is 63.6 Å². The fourth-order valence-electron chi connectivity index (χ4n) is 4.77. The molecule has 12 heteroatoms. The van der Waals surface area contributed by atoms with Crippen LogP contribution in [0.5, 0.6) is 0 Å². The van der Waals surface area contributed by atoms with Gasteiger partial charge in [0, 0.05) is 35.6 Å². The fraction of sp³-hybridized carbons (Fsp3) is 0.545. The SMILES string of the molecule is N#Cc1c(N=S2(=O)CCC(c3ncc(Cl)cn3)CC2)nc(NC2(CO)CCC2)c2c1CCS2=O. The first-order chi connectivity index (χ1) is 16.4. The fourth-order valence-corrected chi connectivity index (χ4v) is 8.39. The van der Waals surface area contributed by atoms with Gasteiger partial charge in [-0.3, -0.25) is 4.21 Å². The number of anilines is 1. The van der Waals surface area contributed by atoms with Crippen molar-refractivity contribution in [2.45, 2.75) is 54.9 Å². The Morgan fingerprint density at radius 1 is 1.32 bits per heavy atom. The molecule has 1 unspecified atom stereocenters. The van der Waals surface area contributed by atoms with E-state index < -0.39 is 26.1 Å². The lowest BCUT2D eigenvalue weighted by Crippen LogP contribution is -2.48. The van der Waals surface area contributed by atoms with Crippen molar-refractivity contribution in [3.63, 3.8) is 0 Å². The molecular weight excluding hydrogens is 496 g/mol. The Hall–Kier alpha value is -2.13. The third-order valence-corrected chi connectivity index (χ3v) is 10.9. The first-order valence-electron chi connectivity index (χ1n) is 11.3. The van der Waals surface area contributed by atoms with Gasteiger partial charge in [0.05, 0.1) is 42.6 Å². The van der Waals surface area contributed by atoms with E-state index in [2.05, 4.69) is 30.7 Å². The molecule has 180 valence electrons. The molecule has 1 saturated heterocycles. The zero-order valence-corrected chi connectivity index (χ0v) is 20.9. The van der Waals surface area contributed by atoms with Gasteiger partial charge < -0.3 is 10.4 Å². The van der Waals surface area contributed by atoms with Gasteiger partial charge in [-0.2, -0.15) is 9.62 Å². The van der Waals surface area contributed by atoms with Crippen LogP contribution in [0.4, 0.5) is 11.6 Å². The number of aliphatic hydroxyl groups is 1. The lowest BCUT2D eigenvalue weighted by molar-refractivity contribution is 0.143. The summed E-state index contributed by atoms with van der Waals surface area (Å²) in [6.07, 6.45) is 7.38. The average Bonchev–Trinajstić information content (AvgIpc) is 3.19. The van der Waals surface area contributed by atoms with Crippen molar-refractivity contribution < 1.29 is 13.5 Å². The van der Waals surface area contributed by atoms with E-state index in [0.717, 1.165) is 19.3 Å². The van der Waals surface area contributed by atoms with Crippen molar-refractivity contribution in [3.8, 4) is 6.07 Å². The third kappa shape index (κ3) is 4.33. The van der Waals surface area contributed by atoms with Gasteiger partial charge in [-0.25, -0.2) is 19.2 Å². The van der Waals surface area contributed by atoms with E-state index >= 15 is 0 Å². The van der Waals surface area contributed by atoms with E-state index in [1.165, 1.54) is 0 Å². The van der Waals surface area contributed by atoms with Crippen molar-refractivity contribution in [1.82, 2.24) is 15.0 Å². The summed E-state index contributed by atoms with van der Waals surface area (Å²) in [6, 6.07) is 2.17. The summed E-state index contributed by atoms with van der Waals surface area (Å²) >= 11 is 5.88. The summed E-state index contributed by atoms with van der Waals surface area (Å²) in [4.78, 5) is 13.7. The lowest BCUT2D eigenvalue weighted by atomic mass is 9.77. The van der Waals surface area contributed by atoms with Gasteiger partial charge in [-0.15, -0.1) is 0 Å². The van der Waals surface area contributed by atoms with Gasteiger partial charge >= 0.3 is 0 Å². The lowest BCUT2D eigenvalue weighted by Gasteiger charge is -2.41. The van der Waals surface area contributed by atoms with Gasteiger partial charge in [0.25, 0.3) is 0 Å². The molecule has 4 heterocycles. The Morgan fingerprint density at radius 3 is 2.62 bits per heavy atom. The highest BCUT2D eigenvalue weighted by Crippen LogP contribution is 2.41. The molecule has 1 atom stereocenters. The molecule has 34 heavy (non-hydrogen) atoms. The van der Waals surface area contributed by atoms with Gasteiger partial charge in [0.15, 0.2) is 5.82 Å². The average molecular weight is 521 g/mol. The minimum Gasteiger partial charge on any atom is -0.394 e. The van der Waals surface area contributed by atoms with Crippen LogP contribution in [0.1, 0.15) is 55.0 Å². The van der Waals surface area contributed by atoms with E-state index in [9.17, 15) is 18.8 Å². The normalized spacial score (nSPS) is 27.3. The van der Waals surface area contributed by atoms with E-state index in [1.54, 1.807) is 12.4 Å². The maximum atomic E-state index is 13.7. The monoisotopic (exact) mass is 520 g/mol. The van der Waals surface area contributed by atoms with Crippen LogP contribution < -0.4 is 5.32 Å². The van der Waals surface area contributed by atoms with E-state index in [1.807, 2.05) is 0 Å². The Kier molecular flexibility index (Phi) is 6.35. The summed E-state index contributed by atoms with van der Waals surface area (Å²) in [5, 5.41) is 23.6. The summed E-state index contributed by atoms with van der Waals surface area (Å²) in [5.74, 6) is 2.40. The molecule has 1 aliphatic carbocycles. The number of nitriles is 1. The Morgan fingerprint density at radius 2 is 2.03 bits per heavy atom. The Bertz CT molecular complexity index is 1290. The molecule has 9 nitrogen and oxygen atoms in total. The van der Waals surface area contributed by atoms with Crippen LogP contribution >= 0.6 is 11.6 Å². The Balaban J connectivity index is 1.49. The molecule has 0 bridgehead atoms. The second-order valence-corrected chi connectivity index (χ2v) is 13.6. The number of fused-ring (bicyclic) bond motifs is 1. The van der Waals surface area contributed by atoms with Gasteiger partial charge in [-0.1, -0.05) is 11.6 Å². The largest absolute Gasteiger partial charge is 0.394 e. The minimum atomic E-state index is -2.64. The smallest absolute Gasteiger partial charge is 0.181 e. The summed E-state index contributed by atoms with van der Waals surface area (Å²) in [5.41, 5.74) is 0.414. The van der Waals surface area contributed by atoms with Crippen LogP contribution in [-0.4, -0.2) is 57.9 Å². The van der Waals surface area contributed by atoms with Crippen LogP contribution in [0.25, 0.3) is 0 Å². The van der Waals surface area contributed by atoms with Crippen molar-refractivity contribution in [1.29, 1.82) is 5.26 Å². The molecule has 2 aromatic heterocycles. The van der Waals surface area contributed by atoms with Gasteiger partial charge in [0.1, 0.15) is 23.3 Å². The first kappa shape index (κ1) is 23.6. The molecule has 2 N–H and O–H groups in total. The highest BCUT2D eigenvalue weighted by Gasteiger charge is 2.39. The number of nitrogens with zero attached hydrogens (tertiary/aromatic N) is 5. The van der Waals surface area contributed by atoms with Crippen molar-refractivity contribution in [3.05, 3.63) is 34.4 Å². The third-order valence-electron chi connectivity index (χ3n) is 6.93. The molecule has 0 radical (unpaired) electrons. The van der Waals surface area contributed by atoms with Crippen LogP contribution in [-0.2, 0) is 26.9 Å². The number of hydrogen-bond donors (Lipinski definition) is 2. The zero-order chi connectivity index (χ0) is 23.9. The predicted molar refractivity (Wildman–Crippen MR) is 130 cm³/mol. The molecule has 3 aliphatic rings. The van der Waals surface area contributed by atoms with Crippen LogP contribution in [0.3, 0.4) is 0 Å². The number of aliphatic hydroxyl groups excluding tert-OH is 1. The zero-order valence-electron chi connectivity index (χ0n) is 18.5. The number of rotatable bonds is 5. The molecule has 0 spiro atoms. The topological polar surface area (TPSA) is 141 Å². The maximum absolute atomic E-state index is 13.7. The summed E-state index contributed by atoms with van der Waals surface area (Å²) in [7, 11) is -3.92. The second-order valence-electron chi connectivity index (χ2n) is 9.10. The van der Waals surface area contributed by atoms with Crippen molar-refractivity contribution >= 4 is 43.8 Å². The molecule has 1 saturated carbocycles. The van der Waals surface area contributed by atoms with Crippen molar-refractivity contribution in [2.24, 2.45) is 4.36 Å². The molecule has 2 aliphatic heterocycles. The van der Waals surface area contributed by atoms with E-state index in [-0.39, 0.29) is 23.9 Å². The number of pyridine rings is 1. The second kappa shape index (κ2) is 9.15. The van der Waals surface area contributed by atoms with Crippen LogP contribution in [0, 0.1) is 11.3 Å². The first-order valence-corrected chi connectivity index (χ1v) is 14.8. The molecule has 5 rings (SSSR count). The maximum Gasteiger partial charge on any atom is 0.181 e. The quantitative estimate of drug-likeness (QED) is 0.612. The van der Waals surface area contributed by atoms with Crippen LogP contribution in [0.2, 0.25) is 5.02 Å². The molecule has 2 aromatic rings. The summed E-state index contributed by atoms with van der Waals surface area (Å²) < 4.78 is 31.0. The van der Waals surface area contributed by atoms with Crippen molar-refractivity contribution in [2.75, 3.05) is 29.2 Å². The van der Waals surface area contributed by atoms with Gasteiger partial charge in [-0.05, 0) is 44.1 Å².